The molecule has 1 aliphatic carbocycles. The van der Waals surface area contributed by atoms with Gasteiger partial charge in [0.2, 0.25) is 0 Å². The van der Waals surface area contributed by atoms with Crippen LogP contribution in [0.1, 0.15) is 51.4 Å². The topological polar surface area (TPSA) is 71.1 Å². The summed E-state index contributed by atoms with van der Waals surface area (Å²) in [6.45, 7) is 1.27. The molecule has 2 aliphatic rings. The van der Waals surface area contributed by atoms with Gasteiger partial charge in [-0.3, -0.25) is 4.79 Å². The standard InChI is InChI=1S/C28H36O6/c1-31-28(30)26(34-27-17-9-11-21-33-27)16-7-3-6-15-24-22(18-19-25(24)29)12-8-10-20-32-23-13-4-2-5-14-23/h2,4-8,12-14,22,24,26-27H,9-11,15-21H2,1H3/b12-8+/t3?,22-,24+,26?,27?/m0/s1. The minimum Gasteiger partial charge on any atom is -0.493 e. The summed E-state index contributed by atoms with van der Waals surface area (Å²) in [6, 6.07) is 9.76. The monoisotopic (exact) mass is 468 g/mol. The summed E-state index contributed by atoms with van der Waals surface area (Å²) in [5.74, 6) is 0.985. The molecule has 0 bridgehead atoms. The van der Waals surface area contributed by atoms with Crippen LogP contribution in [-0.4, -0.2) is 44.5 Å². The zero-order valence-electron chi connectivity index (χ0n) is 20.0. The van der Waals surface area contributed by atoms with Gasteiger partial charge in [0.1, 0.15) is 11.5 Å². The highest BCUT2D eigenvalue weighted by molar-refractivity contribution is 5.83. The minimum absolute atomic E-state index is 0.0181. The molecule has 0 N–H and O–H groups in total. The molecule has 0 spiro atoms. The van der Waals surface area contributed by atoms with Gasteiger partial charge < -0.3 is 18.9 Å². The molecule has 3 rings (SSSR count). The molecule has 184 valence electrons. The minimum atomic E-state index is -0.712. The van der Waals surface area contributed by atoms with Gasteiger partial charge in [-0.2, -0.15) is 0 Å². The van der Waals surface area contributed by atoms with Crippen molar-refractivity contribution >= 4 is 11.8 Å². The average Bonchev–Trinajstić information content (AvgIpc) is 3.22. The number of hydrogen-bond acceptors (Lipinski definition) is 6. The molecule has 6 heteroatoms. The molecule has 1 saturated heterocycles. The van der Waals surface area contributed by atoms with Crippen LogP contribution in [0, 0.1) is 11.8 Å². The Labute approximate surface area is 202 Å². The lowest BCUT2D eigenvalue weighted by atomic mass is 9.91. The Balaban J connectivity index is 1.44. The van der Waals surface area contributed by atoms with Crippen LogP contribution in [0.2, 0.25) is 0 Å². The number of rotatable bonds is 12. The third kappa shape index (κ3) is 8.60. The van der Waals surface area contributed by atoms with Gasteiger partial charge in [-0.15, -0.1) is 5.73 Å². The van der Waals surface area contributed by atoms with Crippen molar-refractivity contribution < 1.29 is 28.5 Å². The maximum atomic E-state index is 12.4. The summed E-state index contributed by atoms with van der Waals surface area (Å²) in [4.78, 5) is 24.4. The maximum Gasteiger partial charge on any atom is 0.335 e. The molecule has 1 aromatic rings. The summed E-state index contributed by atoms with van der Waals surface area (Å²) in [5, 5.41) is 0. The van der Waals surface area contributed by atoms with E-state index in [9.17, 15) is 9.59 Å². The zero-order valence-corrected chi connectivity index (χ0v) is 20.0. The van der Waals surface area contributed by atoms with E-state index >= 15 is 0 Å². The lowest BCUT2D eigenvalue weighted by Crippen LogP contribution is -2.33. The first kappa shape index (κ1) is 26.0. The normalized spacial score (nSPS) is 23.3. The van der Waals surface area contributed by atoms with Crippen LogP contribution < -0.4 is 4.74 Å². The highest BCUT2D eigenvalue weighted by Crippen LogP contribution is 2.32. The van der Waals surface area contributed by atoms with E-state index in [2.05, 4.69) is 17.9 Å². The number of methoxy groups -OCH3 is 1. The number of ether oxygens (including phenoxy) is 4. The number of benzene rings is 1. The zero-order chi connectivity index (χ0) is 24.0. The number of Topliss-reactive ketones (excluding diaryl/α,β-unsaturated/α-hetero) is 1. The lowest BCUT2D eigenvalue weighted by molar-refractivity contribution is -0.201. The van der Waals surface area contributed by atoms with Crippen LogP contribution in [0.15, 0.2) is 60.4 Å². The Hall–Kier alpha value is -2.66. The van der Waals surface area contributed by atoms with Gasteiger partial charge in [0, 0.05) is 25.4 Å². The quantitative estimate of drug-likeness (QED) is 0.182. The van der Waals surface area contributed by atoms with Gasteiger partial charge in [-0.25, -0.2) is 4.79 Å². The molecule has 1 aromatic carbocycles. The van der Waals surface area contributed by atoms with Crippen molar-refractivity contribution in [1.29, 1.82) is 0 Å². The van der Waals surface area contributed by atoms with E-state index in [1.54, 1.807) is 6.08 Å². The number of hydrogen-bond donors (Lipinski definition) is 0. The van der Waals surface area contributed by atoms with E-state index in [1.807, 2.05) is 36.4 Å². The van der Waals surface area contributed by atoms with Crippen LogP contribution in [0.4, 0.5) is 0 Å². The number of esters is 1. The number of allylic oxidation sites excluding steroid dienone is 1. The van der Waals surface area contributed by atoms with Gasteiger partial charge in [0.15, 0.2) is 12.4 Å². The predicted molar refractivity (Wildman–Crippen MR) is 129 cm³/mol. The van der Waals surface area contributed by atoms with Gasteiger partial charge in [0.25, 0.3) is 0 Å². The molecule has 1 saturated carbocycles. The first-order valence-electron chi connectivity index (χ1n) is 12.3. The van der Waals surface area contributed by atoms with Crippen LogP contribution in [0.3, 0.4) is 0 Å². The van der Waals surface area contributed by atoms with Crippen molar-refractivity contribution in [1.82, 2.24) is 0 Å². The third-order valence-electron chi connectivity index (χ3n) is 6.19. The van der Waals surface area contributed by atoms with Crippen molar-refractivity contribution in [3.63, 3.8) is 0 Å². The summed E-state index contributed by atoms with van der Waals surface area (Å²) in [5.41, 5.74) is 3.12. The molecule has 1 aliphatic heterocycles. The number of para-hydroxylation sites is 1. The Kier molecular flexibility index (Phi) is 11.1. The molecule has 1 heterocycles. The first-order chi connectivity index (χ1) is 16.7. The van der Waals surface area contributed by atoms with E-state index < -0.39 is 12.1 Å². The fraction of sp³-hybridized carbons (Fsp3) is 0.536. The van der Waals surface area contributed by atoms with Gasteiger partial charge >= 0.3 is 5.97 Å². The van der Waals surface area contributed by atoms with Gasteiger partial charge in [0.05, 0.1) is 13.7 Å². The summed E-state index contributed by atoms with van der Waals surface area (Å²) in [6.07, 6.45) is 13.0. The lowest BCUT2D eigenvalue weighted by Gasteiger charge is -2.25. The summed E-state index contributed by atoms with van der Waals surface area (Å²) in [7, 11) is 1.35. The SMILES string of the molecule is COC(=O)C(CC=C=CC[C@H]1C(=O)CC[C@@H]1/C=C/CCOc1ccccc1)OC1CCCCO1. The number of carbonyl (C=O) groups is 2. The fourth-order valence-electron chi connectivity index (χ4n) is 4.30. The second-order valence-electron chi connectivity index (χ2n) is 8.64. The largest absolute Gasteiger partial charge is 0.493 e. The third-order valence-corrected chi connectivity index (χ3v) is 6.19. The first-order valence-corrected chi connectivity index (χ1v) is 12.3. The van der Waals surface area contributed by atoms with Crippen LogP contribution in [0.25, 0.3) is 0 Å². The number of ketones is 1. The predicted octanol–water partition coefficient (Wildman–Crippen LogP) is 5.18. The Morgan fingerprint density at radius 1 is 1.21 bits per heavy atom. The van der Waals surface area contributed by atoms with Crippen LogP contribution >= 0.6 is 0 Å². The Bertz CT molecular complexity index is 849. The molecule has 0 amide bonds. The molecule has 34 heavy (non-hydrogen) atoms. The highest BCUT2D eigenvalue weighted by Gasteiger charge is 2.31. The smallest absolute Gasteiger partial charge is 0.335 e. The fourth-order valence-corrected chi connectivity index (χ4v) is 4.30. The van der Waals surface area contributed by atoms with Crippen molar-refractivity contribution in [3.8, 4) is 5.75 Å². The number of carbonyl (C=O) groups excluding carboxylic acids is 2. The summed E-state index contributed by atoms with van der Waals surface area (Å²) < 4.78 is 21.9. The second-order valence-corrected chi connectivity index (χ2v) is 8.64. The van der Waals surface area contributed by atoms with E-state index in [0.717, 1.165) is 37.9 Å². The maximum absolute atomic E-state index is 12.4. The van der Waals surface area contributed by atoms with E-state index in [1.165, 1.54) is 7.11 Å². The Morgan fingerprint density at radius 2 is 2.06 bits per heavy atom. The van der Waals surface area contributed by atoms with Crippen LogP contribution in [-0.2, 0) is 23.8 Å². The molecule has 0 radical (unpaired) electrons. The molecular weight excluding hydrogens is 432 g/mol. The van der Waals surface area contributed by atoms with Crippen molar-refractivity contribution in [2.75, 3.05) is 20.3 Å². The van der Waals surface area contributed by atoms with Crippen LogP contribution in [0.5, 0.6) is 5.75 Å². The second kappa shape index (κ2) is 14.6. The van der Waals surface area contributed by atoms with Gasteiger partial charge in [-0.1, -0.05) is 30.4 Å². The van der Waals surface area contributed by atoms with Gasteiger partial charge in [-0.05, 0) is 68.7 Å². The van der Waals surface area contributed by atoms with Crippen molar-refractivity contribution in [2.24, 2.45) is 11.8 Å². The average molecular weight is 469 g/mol. The Morgan fingerprint density at radius 3 is 2.82 bits per heavy atom. The highest BCUT2D eigenvalue weighted by atomic mass is 16.7. The van der Waals surface area contributed by atoms with Crippen molar-refractivity contribution in [2.45, 2.75) is 63.8 Å². The molecular formula is C28H36O6. The molecule has 6 nitrogen and oxygen atoms in total. The van der Waals surface area contributed by atoms with E-state index in [-0.39, 0.29) is 18.1 Å². The summed E-state index contributed by atoms with van der Waals surface area (Å²) >= 11 is 0. The van der Waals surface area contributed by atoms with Crippen molar-refractivity contribution in [3.05, 3.63) is 60.4 Å². The van der Waals surface area contributed by atoms with E-state index in [0.29, 0.717) is 38.3 Å². The molecule has 0 aromatic heterocycles. The molecule has 2 fully saturated rings. The molecule has 2 unspecified atom stereocenters. The van der Waals surface area contributed by atoms with E-state index in [4.69, 9.17) is 18.9 Å². The molecule has 4 atom stereocenters.